The molecule has 2 aliphatic rings. The van der Waals surface area contributed by atoms with E-state index in [1.807, 2.05) is 0 Å². The van der Waals surface area contributed by atoms with Crippen LogP contribution in [0.5, 0.6) is 0 Å². The van der Waals surface area contributed by atoms with E-state index in [-0.39, 0.29) is 0 Å². The molecule has 19 heavy (non-hydrogen) atoms. The maximum atomic E-state index is 3.79. The maximum absolute atomic E-state index is 3.79. The Morgan fingerprint density at radius 1 is 1.00 bits per heavy atom. The number of hydrogen-bond donors (Lipinski definition) is 1. The second-order valence-corrected chi connectivity index (χ2v) is 6.46. The van der Waals surface area contributed by atoms with Gasteiger partial charge in [0.1, 0.15) is 0 Å². The molecule has 0 heterocycles. The molecule has 104 valence electrons. The van der Waals surface area contributed by atoms with Crippen molar-refractivity contribution in [2.24, 2.45) is 5.92 Å². The molecule has 0 radical (unpaired) electrons. The first-order valence-electron chi connectivity index (χ1n) is 8.22. The first-order chi connectivity index (χ1) is 9.42. The molecule has 1 aromatic carbocycles. The van der Waals surface area contributed by atoms with Crippen LogP contribution in [0.1, 0.15) is 56.1 Å². The van der Waals surface area contributed by atoms with Gasteiger partial charge in [-0.3, -0.25) is 0 Å². The second kappa shape index (κ2) is 6.56. The van der Waals surface area contributed by atoms with Crippen molar-refractivity contribution in [2.45, 2.75) is 63.8 Å². The molecule has 1 heteroatoms. The molecule has 0 bridgehead atoms. The fourth-order valence-corrected chi connectivity index (χ4v) is 3.87. The molecule has 1 fully saturated rings. The van der Waals surface area contributed by atoms with Gasteiger partial charge in [-0.05, 0) is 55.7 Å². The molecule has 1 atom stereocenters. The fraction of sp³-hybridized carbons (Fsp3) is 0.667. The van der Waals surface area contributed by atoms with Crippen LogP contribution in [0.2, 0.25) is 0 Å². The Kier molecular flexibility index (Phi) is 4.55. The number of rotatable bonds is 5. The molecule has 1 unspecified atom stereocenters. The Morgan fingerprint density at radius 3 is 2.63 bits per heavy atom. The second-order valence-electron chi connectivity index (χ2n) is 6.46. The van der Waals surface area contributed by atoms with Gasteiger partial charge >= 0.3 is 0 Å². The molecule has 1 nitrogen and oxygen atoms in total. The summed E-state index contributed by atoms with van der Waals surface area (Å²) in [5.41, 5.74) is 3.15. The van der Waals surface area contributed by atoms with E-state index in [0.29, 0.717) is 0 Å². The van der Waals surface area contributed by atoms with Gasteiger partial charge in [-0.15, -0.1) is 0 Å². The van der Waals surface area contributed by atoms with Gasteiger partial charge in [0.25, 0.3) is 0 Å². The lowest BCUT2D eigenvalue weighted by molar-refractivity contribution is 0.421. The molecule has 0 aliphatic heterocycles. The largest absolute Gasteiger partial charge is 0.314 e. The standard InChI is InChI=1S/C18H27N/c1-2-7-15(6-1)8-5-13-19-18-12-11-16-9-3-4-10-17(16)14-18/h3-4,9-10,15,18-19H,1-2,5-8,11-14H2. The Bertz CT molecular complexity index is 392. The summed E-state index contributed by atoms with van der Waals surface area (Å²) in [7, 11) is 0. The minimum atomic E-state index is 0.721. The summed E-state index contributed by atoms with van der Waals surface area (Å²) in [6, 6.07) is 9.68. The Balaban J connectivity index is 1.37. The molecule has 0 amide bonds. The third-order valence-electron chi connectivity index (χ3n) is 5.04. The van der Waals surface area contributed by atoms with E-state index in [2.05, 4.69) is 29.6 Å². The highest BCUT2D eigenvalue weighted by molar-refractivity contribution is 5.30. The van der Waals surface area contributed by atoms with E-state index in [4.69, 9.17) is 0 Å². The Morgan fingerprint density at radius 2 is 1.79 bits per heavy atom. The number of aryl methyl sites for hydroxylation is 1. The summed E-state index contributed by atoms with van der Waals surface area (Å²) < 4.78 is 0. The van der Waals surface area contributed by atoms with E-state index in [0.717, 1.165) is 12.0 Å². The zero-order valence-electron chi connectivity index (χ0n) is 12.0. The quantitative estimate of drug-likeness (QED) is 0.783. The molecular weight excluding hydrogens is 230 g/mol. The van der Waals surface area contributed by atoms with Crippen molar-refractivity contribution in [1.29, 1.82) is 0 Å². The summed E-state index contributed by atoms with van der Waals surface area (Å²) >= 11 is 0. The molecule has 0 saturated heterocycles. The lowest BCUT2D eigenvalue weighted by Crippen LogP contribution is -2.35. The van der Waals surface area contributed by atoms with Gasteiger partial charge < -0.3 is 5.32 Å². The molecular formula is C18H27N. The average Bonchev–Trinajstić information content (AvgIpc) is 2.97. The Labute approximate surface area is 117 Å². The van der Waals surface area contributed by atoms with Gasteiger partial charge in [0.05, 0.1) is 0 Å². The van der Waals surface area contributed by atoms with Crippen molar-refractivity contribution in [3.63, 3.8) is 0 Å². The molecule has 0 aromatic heterocycles. The van der Waals surface area contributed by atoms with E-state index >= 15 is 0 Å². The van der Waals surface area contributed by atoms with Gasteiger partial charge in [0, 0.05) is 6.04 Å². The van der Waals surface area contributed by atoms with Gasteiger partial charge in [-0.25, -0.2) is 0 Å². The highest BCUT2D eigenvalue weighted by Gasteiger charge is 2.18. The minimum absolute atomic E-state index is 0.721. The summed E-state index contributed by atoms with van der Waals surface area (Å²) in [6.45, 7) is 1.23. The van der Waals surface area contributed by atoms with E-state index in [1.54, 1.807) is 11.1 Å². The molecule has 3 rings (SSSR count). The van der Waals surface area contributed by atoms with E-state index in [1.165, 1.54) is 64.3 Å². The van der Waals surface area contributed by atoms with Crippen molar-refractivity contribution in [3.05, 3.63) is 35.4 Å². The highest BCUT2D eigenvalue weighted by atomic mass is 14.9. The van der Waals surface area contributed by atoms with Gasteiger partial charge in [0.2, 0.25) is 0 Å². The topological polar surface area (TPSA) is 12.0 Å². The smallest absolute Gasteiger partial charge is 0.0111 e. The third-order valence-corrected chi connectivity index (χ3v) is 5.04. The number of nitrogens with one attached hydrogen (secondary N) is 1. The lowest BCUT2D eigenvalue weighted by Gasteiger charge is -2.25. The summed E-state index contributed by atoms with van der Waals surface area (Å²) in [5, 5.41) is 3.79. The monoisotopic (exact) mass is 257 g/mol. The molecule has 1 aromatic rings. The zero-order chi connectivity index (χ0) is 12.9. The molecule has 1 N–H and O–H groups in total. The van der Waals surface area contributed by atoms with Crippen LogP contribution in [0.15, 0.2) is 24.3 Å². The average molecular weight is 257 g/mol. The SMILES string of the molecule is c1ccc2c(c1)CCC(NCCCC1CCCC1)C2. The summed E-state index contributed by atoms with van der Waals surface area (Å²) in [6.07, 6.45) is 12.6. The van der Waals surface area contributed by atoms with Crippen LogP contribution in [0, 0.1) is 5.92 Å². The first kappa shape index (κ1) is 13.2. The fourth-order valence-electron chi connectivity index (χ4n) is 3.87. The van der Waals surface area contributed by atoms with Crippen LogP contribution in [0.3, 0.4) is 0 Å². The lowest BCUT2D eigenvalue weighted by atomic mass is 9.88. The summed E-state index contributed by atoms with van der Waals surface area (Å²) in [4.78, 5) is 0. The van der Waals surface area contributed by atoms with Crippen LogP contribution >= 0.6 is 0 Å². The van der Waals surface area contributed by atoms with Crippen molar-refractivity contribution >= 4 is 0 Å². The predicted octanol–water partition coefficient (Wildman–Crippen LogP) is 4.10. The van der Waals surface area contributed by atoms with Crippen molar-refractivity contribution < 1.29 is 0 Å². The third kappa shape index (κ3) is 3.60. The van der Waals surface area contributed by atoms with Crippen LogP contribution in [-0.4, -0.2) is 12.6 Å². The van der Waals surface area contributed by atoms with E-state index in [9.17, 15) is 0 Å². The molecule has 0 spiro atoms. The highest BCUT2D eigenvalue weighted by Crippen LogP contribution is 2.28. The van der Waals surface area contributed by atoms with E-state index < -0.39 is 0 Å². The van der Waals surface area contributed by atoms with Crippen LogP contribution in [0.4, 0.5) is 0 Å². The van der Waals surface area contributed by atoms with Crippen LogP contribution in [-0.2, 0) is 12.8 Å². The van der Waals surface area contributed by atoms with Crippen LogP contribution in [0.25, 0.3) is 0 Å². The predicted molar refractivity (Wildman–Crippen MR) is 81.4 cm³/mol. The Hall–Kier alpha value is -0.820. The molecule has 2 aliphatic carbocycles. The normalized spacial score (nSPS) is 23.5. The first-order valence-corrected chi connectivity index (χ1v) is 8.22. The van der Waals surface area contributed by atoms with Gasteiger partial charge in [-0.1, -0.05) is 49.9 Å². The van der Waals surface area contributed by atoms with Crippen molar-refractivity contribution in [3.8, 4) is 0 Å². The zero-order valence-corrected chi connectivity index (χ0v) is 12.0. The van der Waals surface area contributed by atoms with Crippen molar-refractivity contribution in [2.75, 3.05) is 6.54 Å². The van der Waals surface area contributed by atoms with Gasteiger partial charge in [0.15, 0.2) is 0 Å². The number of benzene rings is 1. The number of fused-ring (bicyclic) bond motifs is 1. The summed E-state index contributed by atoms with van der Waals surface area (Å²) in [5.74, 6) is 1.05. The van der Waals surface area contributed by atoms with Crippen LogP contribution < -0.4 is 5.32 Å². The number of hydrogen-bond acceptors (Lipinski definition) is 1. The van der Waals surface area contributed by atoms with Gasteiger partial charge in [-0.2, -0.15) is 0 Å². The molecule has 1 saturated carbocycles. The van der Waals surface area contributed by atoms with Crippen molar-refractivity contribution in [1.82, 2.24) is 5.32 Å². The maximum Gasteiger partial charge on any atom is 0.0111 e. The minimum Gasteiger partial charge on any atom is -0.314 e.